The zero-order chi connectivity index (χ0) is 15.4. The quantitative estimate of drug-likeness (QED) is 0.913. The molecule has 1 atom stereocenters. The number of hydrogen-bond donors (Lipinski definition) is 1. The van der Waals surface area contributed by atoms with E-state index in [1.54, 1.807) is 0 Å². The average molecular weight is 283 g/mol. The first kappa shape index (κ1) is 15.6. The van der Waals surface area contributed by atoms with Crippen LogP contribution < -0.4 is 5.32 Å². The number of nitrogens with zero attached hydrogens (tertiary/aromatic N) is 2. The minimum atomic E-state index is 0.273. The molecule has 0 aliphatic rings. The maximum absolute atomic E-state index is 4.36. The van der Waals surface area contributed by atoms with Gasteiger partial charge in [-0.2, -0.15) is 10.2 Å². The number of benzene rings is 1. The molecule has 1 N–H and O–H groups in total. The van der Waals surface area contributed by atoms with Gasteiger partial charge in [0.05, 0.1) is 11.4 Å². The van der Waals surface area contributed by atoms with E-state index < -0.39 is 0 Å². The van der Waals surface area contributed by atoms with Crippen LogP contribution in [-0.2, 0) is 12.8 Å². The molecule has 1 unspecified atom stereocenters. The molecule has 0 fully saturated rings. The Hall–Kier alpha value is -1.74. The molecule has 0 amide bonds. The first-order valence-corrected chi connectivity index (χ1v) is 7.61. The van der Waals surface area contributed by atoms with Gasteiger partial charge < -0.3 is 5.32 Å². The predicted octanol–water partition coefficient (Wildman–Crippen LogP) is 3.47. The van der Waals surface area contributed by atoms with Gasteiger partial charge in [-0.15, -0.1) is 0 Å². The predicted molar refractivity (Wildman–Crippen MR) is 87.6 cm³/mol. The summed E-state index contributed by atoms with van der Waals surface area (Å²) in [5, 5.41) is 12.0. The summed E-state index contributed by atoms with van der Waals surface area (Å²) in [4.78, 5) is 0. The lowest BCUT2D eigenvalue weighted by molar-refractivity contribution is 0.577. The van der Waals surface area contributed by atoms with Crippen LogP contribution in [0.4, 0.5) is 0 Å². The van der Waals surface area contributed by atoms with E-state index >= 15 is 0 Å². The SMILES string of the molecule is CCc1nnc(C)cc1C(Cc1cc(C)ccc1C)NC. The summed E-state index contributed by atoms with van der Waals surface area (Å²) in [6, 6.07) is 9.09. The molecule has 1 aromatic heterocycles. The molecule has 1 heterocycles. The molecule has 0 bridgehead atoms. The molecule has 21 heavy (non-hydrogen) atoms. The third kappa shape index (κ3) is 3.67. The van der Waals surface area contributed by atoms with Crippen molar-refractivity contribution in [1.82, 2.24) is 15.5 Å². The van der Waals surface area contributed by atoms with E-state index in [4.69, 9.17) is 0 Å². The molecule has 3 nitrogen and oxygen atoms in total. The van der Waals surface area contributed by atoms with Crippen LogP contribution in [0.25, 0.3) is 0 Å². The zero-order valence-corrected chi connectivity index (χ0v) is 13.7. The van der Waals surface area contributed by atoms with Crippen molar-refractivity contribution in [2.24, 2.45) is 0 Å². The van der Waals surface area contributed by atoms with E-state index in [2.05, 4.69) is 60.6 Å². The summed E-state index contributed by atoms with van der Waals surface area (Å²) >= 11 is 0. The van der Waals surface area contributed by atoms with Crippen LogP contribution in [0.15, 0.2) is 24.3 Å². The van der Waals surface area contributed by atoms with Crippen molar-refractivity contribution < 1.29 is 0 Å². The Kier molecular flexibility index (Phi) is 5.07. The van der Waals surface area contributed by atoms with Crippen molar-refractivity contribution in [2.75, 3.05) is 7.05 Å². The maximum Gasteiger partial charge on any atom is 0.0676 e. The van der Waals surface area contributed by atoms with Crippen LogP contribution >= 0.6 is 0 Å². The van der Waals surface area contributed by atoms with Crippen molar-refractivity contribution in [3.05, 3.63) is 57.9 Å². The first-order valence-electron chi connectivity index (χ1n) is 7.61. The Bertz CT molecular complexity index is 620. The largest absolute Gasteiger partial charge is 0.313 e. The van der Waals surface area contributed by atoms with Gasteiger partial charge in [-0.1, -0.05) is 30.7 Å². The normalized spacial score (nSPS) is 12.4. The molecule has 1 aromatic carbocycles. The molecule has 0 radical (unpaired) electrons. The van der Waals surface area contributed by atoms with Crippen molar-refractivity contribution in [1.29, 1.82) is 0 Å². The Labute approximate surface area is 127 Å². The van der Waals surface area contributed by atoms with Gasteiger partial charge >= 0.3 is 0 Å². The van der Waals surface area contributed by atoms with E-state index in [9.17, 15) is 0 Å². The summed E-state index contributed by atoms with van der Waals surface area (Å²) in [7, 11) is 2.02. The van der Waals surface area contributed by atoms with E-state index in [-0.39, 0.29) is 6.04 Å². The van der Waals surface area contributed by atoms with Crippen LogP contribution in [0.3, 0.4) is 0 Å². The maximum atomic E-state index is 4.36. The molecule has 0 saturated heterocycles. The lowest BCUT2D eigenvalue weighted by Gasteiger charge is -2.20. The summed E-state index contributed by atoms with van der Waals surface area (Å²) in [5.74, 6) is 0. The number of aryl methyl sites for hydroxylation is 4. The van der Waals surface area contributed by atoms with Crippen LogP contribution in [-0.4, -0.2) is 17.2 Å². The molecule has 0 aliphatic carbocycles. The summed E-state index contributed by atoms with van der Waals surface area (Å²) in [6.45, 7) is 8.46. The Morgan fingerprint density at radius 2 is 1.86 bits per heavy atom. The van der Waals surface area contributed by atoms with Gasteiger partial charge in [0.2, 0.25) is 0 Å². The summed E-state index contributed by atoms with van der Waals surface area (Å²) in [6.07, 6.45) is 1.88. The lowest BCUT2D eigenvalue weighted by atomic mass is 9.93. The van der Waals surface area contributed by atoms with Crippen LogP contribution in [0.5, 0.6) is 0 Å². The van der Waals surface area contributed by atoms with Gasteiger partial charge in [-0.05, 0) is 63.4 Å². The van der Waals surface area contributed by atoms with Gasteiger partial charge in [0.15, 0.2) is 0 Å². The van der Waals surface area contributed by atoms with E-state index in [0.717, 1.165) is 24.2 Å². The number of likely N-dealkylation sites (N-methyl/N-ethyl adjacent to an activating group) is 1. The van der Waals surface area contributed by atoms with Crippen LogP contribution in [0, 0.1) is 20.8 Å². The van der Waals surface area contributed by atoms with E-state index in [1.807, 2.05) is 14.0 Å². The van der Waals surface area contributed by atoms with Crippen molar-refractivity contribution in [3.63, 3.8) is 0 Å². The Morgan fingerprint density at radius 3 is 2.52 bits per heavy atom. The third-order valence-electron chi connectivity index (χ3n) is 4.01. The summed E-state index contributed by atoms with van der Waals surface area (Å²) in [5.41, 5.74) is 7.38. The molecule has 0 aliphatic heterocycles. The fourth-order valence-corrected chi connectivity index (χ4v) is 2.72. The average Bonchev–Trinajstić information content (AvgIpc) is 2.48. The monoisotopic (exact) mass is 283 g/mol. The molecule has 3 heteroatoms. The molecular formula is C18H25N3. The van der Waals surface area contributed by atoms with Gasteiger partial charge in [0.25, 0.3) is 0 Å². The highest BCUT2D eigenvalue weighted by Crippen LogP contribution is 2.23. The number of nitrogens with one attached hydrogen (secondary N) is 1. The fourth-order valence-electron chi connectivity index (χ4n) is 2.72. The van der Waals surface area contributed by atoms with Crippen molar-refractivity contribution in [2.45, 2.75) is 46.6 Å². The van der Waals surface area contributed by atoms with Crippen LogP contribution in [0.2, 0.25) is 0 Å². The highest BCUT2D eigenvalue weighted by molar-refractivity contribution is 5.34. The minimum Gasteiger partial charge on any atom is -0.313 e. The van der Waals surface area contributed by atoms with E-state index in [1.165, 1.54) is 22.3 Å². The van der Waals surface area contributed by atoms with Crippen LogP contribution in [0.1, 0.15) is 46.6 Å². The number of hydrogen-bond acceptors (Lipinski definition) is 3. The smallest absolute Gasteiger partial charge is 0.0676 e. The first-order chi connectivity index (χ1) is 10.0. The van der Waals surface area contributed by atoms with Gasteiger partial charge in [0, 0.05) is 6.04 Å². The van der Waals surface area contributed by atoms with Gasteiger partial charge in [0.1, 0.15) is 0 Å². The second-order valence-electron chi connectivity index (χ2n) is 5.72. The summed E-state index contributed by atoms with van der Waals surface area (Å²) < 4.78 is 0. The van der Waals surface area contributed by atoms with Crippen molar-refractivity contribution >= 4 is 0 Å². The lowest BCUT2D eigenvalue weighted by Crippen LogP contribution is -2.22. The molecule has 0 saturated carbocycles. The fraction of sp³-hybridized carbons (Fsp3) is 0.444. The molecular weight excluding hydrogens is 258 g/mol. The van der Waals surface area contributed by atoms with Gasteiger partial charge in [-0.3, -0.25) is 0 Å². The molecule has 2 aromatic rings. The Morgan fingerprint density at radius 1 is 1.10 bits per heavy atom. The standard InChI is InChI=1S/C18H25N3/c1-6-17-16(10-14(4)20-21-17)18(19-5)11-15-9-12(2)7-8-13(15)3/h7-10,18-19H,6,11H2,1-5H3. The molecule has 2 rings (SSSR count). The van der Waals surface area contributed by atoms with Crippen molar-refractivity contribution in [3.8, 4) is 0 Å². The molecule has 112 valence electrons. The third-order valence-corrected chi connectivity index (χ3v) is 4.01. The molecule has 0 spiro atoms. The highest BCUT2D eigenvalue weighted by atomic mass is 15.1. The minimum absolute atomic E-state index is 0.273. The second kappa shape index (κ2) is 6.81. The second-order valence-corrected chi connectivity index (χ2v) is 5.72. The number of rotatable bonds is 5. The zero-order valence-electron chi connectivity index (χ0n) is 13.7. The number of aromatic nitrogens is 2. The van der Waals surface area contributed by atoms with Gasteiger partial charge in [-0.25, -0.2) is 0 Å². The van der Waals surface area contributed by atoms with E-state index in [0.29, 0.717) is 0 Å². The topological polar surface area (TPSA) is 37.8 Å². The highest BCUT2D eigenvalue weighted by Gasteiger charge is 2.16. The Balaban J connectivity index is 2.36.